The molecule has 1 atom stereocenters. The van der Waals surface area contributed by atoms with Crippen LogP contribution in [0.1, 0.15) is 36.8 Å². The Kier molecular flexibility index (Phi) is 5.88. The van der Waals surface area contributed by atoms with Gasteiger partial charge in [-0.1, -0.05) is 6.07 Å². The molecule has 1 saturated heterocycles. The van der Waals surface area contributed by atoms with Gasteiger partial charge in [-0.2, -0.15) is 4.31 Å². The lowest BCUT2D eigenvalue weighted by Gasteiger charge is -2.32. The Morgan fingerprint density at radius 2 is 1.86 bits per heavy atom. The maximum atomic E-state index is 12.8. The van der Waals surface area contributed by atoms with Crippen LogP contribution >= 0.6 is 12.4 Å². The minimum absolute atomic E-state index is 0. The van der Waals surface area contributed by atoms with E-state index in [0.717, 1.165) is 25.7 Å². The van der Waals surface area contributed by atoms with E-state index in [1.807, 2.05) is 19.2 Å². The van der Waals surface area contributed by atoms with Crippen LogP contribution in [0.5, 0.6) is 0 Å². The van der Waals surface area contributed by atoms with Crippen LogP contribution in [-0.4, -0.2) is 38.9 Å². The summed E-state index contributed by atoms with van der Waals surface area (Å²) >= 11 is 0. The van der Waals surface area contributed by atoms with Gasteiger partial charge in [0.2, 0.25) is 10.0 Å². The van der Waals surface area contributed by atoms with Gasteiger partial charge in [-0.15, -0.1) is 12.4 Å². The summed E-state index contributed by atoms with van der Waals surface area (Å²) in [4.78, 5) is 0.472. The summed E-state index contributed by atoms with van der Waals surface area (Å²) in [6.07, 6.45) is 6.46. The van der Waals surface area contributed by atoms with Crippen molar-refractivity contribution in [3.8, 4) is 0 Å². The summed E-state index contributed by atoms with van der Waals surface area (Å²) in [7, 11) is -1.44. The van der Waals surface area contributed by atoms with E-state index in [2.05, 4.69) is 5.32 Å². The lowest BCUT2D eigenvalue weighted by molar-refractivity contribution is 0.293. The molecule has 1 aliphatic carbocycles. The van der Waals surface area contributed by atoms with Crippen molar-refractivity contribution >= 4 is 22.4 Å². The van der Waals surface area contributed by atoms with Gasteiger partial charge in [0.05, 0.1) is 4.90 Å². The van der Waals surface area contributed by atoms with Crippen molar-refractivity contribution < 1.29 is 8.42 Å². The zero-order chi connectivity index (χ0) is 14.9. The number of aryl methyl sites for hydroxylation is 2. The van der Waals surface area contributed by atoms with Crippen molar-refractivity contribution in [2.75, 3.05) is 20.1 Å². The number of fused-ring (bicyclic) bond motifs is 1. The first-order valence-electron chi connectivity index (χ1n) is 7.90. The Hall–Kier alpha value is -0.620. The van der Waals surface area contributed by atoms with Gasteiger partial charge in [0.15, 0.2) is 0 Å². The predicted molar refractivity (Wildman–Crippen MR) is 91.2 cm³/mol. The van der Waals surface area contributed by atoms with Crippen molar-refractivity contribution in [1.82, 2.24) is 9.62 Å². The summed E-state index contributed by atoms with van der Waals surface area (Å²) in [5.74, 6) is 0. The molecule has 124 valence electrons. The Morgan fingerprint density at radius 1 is 1.14 bits per heavy atom. The maximum absolute atomic E-state index is 12.8. The summed E-state index contributed by atoms with van der Waals surface area (Å²) < 4.78 is 27.3. The molecule has 1 aromatic carbocycles. The molecule has 0 aromatic heterocycles. The van der Waals surface area contributed by atoms with Gasteiger partial charge >= 0.3 is 0 Å². The third kappa shape index (κ3) is 3.48. The van der Waals surface area contributed by atoms with Gasteiger partial charge in [0.25, 0.3) is 0 Å². The number of benzene rings is 1. The number of halogens is 1. The van der Waals surface area contributed by atoms with Crippen molar-refractivity contribution in [3.63, 3.8) is 0 Å². The molecule has 1 fully saturated rings. The molecular weight excluding hydrogens is 320 g/mol. The Bertz CT molecular complexity index is 619. The zero-order valence-electron chi connectivity index (χ0n) is 13.0. The van der Waals surface area contributed by atoms with E-state index < -0.39 is 10.0 Å². The molecule has 2 aliphatic rings. The largest absolute Gasteiger partial charge is 0.316 e. The molecule has 0 bridgehead atoms. The molecular formula is C16H25ClN2O2S. The second kappa shape index (κ2) is 7.30. The number of piperidine rings is 1. The molecule has 0 amide bonds. The van der Waals surface area contributed by atoms with E-state index in [4.69, 9.17) is 0 Å². The fourth-order valence-corrected chi connectivity index (χ4v) is 4.99. The number of rotatable bonds is 3. The number of nitrogens with one attached hydrogen (secondary N) is 1. The van der Waals surface area contributed by atoms with Gasteiger partial charge in [-0.05, 0) is 68.8 Å². The zero-order valence-corrected chi connectivity index (χ0v) is 14.7. The number of hydrogen-bond acceptors (Lipinski definition) is 3. The SMILES string of the molecule is CNC1CCCN(S(=O)(=O)c2ccc3c(c2)CCCC3)C1.Cl. The predicted octanol–water partition coefficient (Wildman–Crippen LogP) is 2.36. The van der Waals surface area contributed by atoms with E-state index in [0.29, 0.717) is 18.0 Å². The summed E-state index contributed by atoms with van der Waals surface area (Å²) in [5, 5.41) is 3.20. The van der Waals surface area contributed by atoms with E-state index in [-0.39, 0.29) is 18.4 Å². The van der Waals surface area contributed by atoms with Gasteiger partial charge in [0, 0.05) is 19.1 Å². The monoisotopic (exact) mass is 344 g/mol. The average molecular weight is 345 g/mol. The first-order chi connectivity index (χ1) is 10.1. The first-order valence-corrected chi connectivity index (χ1v) is 9.34. The van der Waals surface area contributed by atoms with Crippen LogP contribution < -0.4 is 5.32 Å². The highest BCUT2D eigenvalue weighted by atomic mass is 35.5. The molecule has 0 saturated carbocycles. The van der Waals surface area contributed by atoms with Gasteiger partial charge in [-0.25, -0.2) is 8.42 Å². The number of sulfonamides is 1. The molecule has 3 rings (SSSR count). The normalized spacial score (nSPS) is 22.7. The topological polar surface area (TPSA) is 49.4 Å². The standard InChI is InChI=1S/C16H24N2O2S.ClH/c1-17-15-7-4-10-18(12-15)21(19,20)16-9-8-13-5-2-3-6-14(13)11-16;/h8-9,11,15,17H,2-7,10,12H2,1H3;1H. The molecule has 1 aliphatic heterocycles. The van der Waals surface area contributed by atoms with Crippen LogP contribution in [0.3, 0.4) is 0 Å². The quantitative estimate of drug-likeness (QED) is 0.915. The van der Waals surface area contributed by atoms with E-state index in [1.165, 1.54) is 24.0 Å². The third-order valence-electron chi connectivity index (χ3n) is 4.75. The smallest absolute Gasteiger partial charge is 0.243 e. The van der Waals surface area contributed by atoms with Crippen LogP contribution in [0.2, 0.25) is 0 Å². The van der Waals surface area contributed by atoms with E-state index in [9.17, 15) is 8.42 Å². The average Bonchev–Trinajstić information content (AvgIpc) is 2.54. The molecule has 1 N–H and O–H groups in total. The van der Waals surface area contributed by atoms with Crippen LogP contribution in [0, 0.1) is 0 Å². The third-order valence-corrected chi connectivity index (χ3v) is 6.61. The summed E-state index contributed by atoms with van der Waals surface area (Å²) in [6.45, 7) is 1.22. The fraction of sp³-hybridized carbons (Fsp3) is 0.625. The van der Waals surface area contributed by atoms with Crippen LogP contribution in [0.25, 0.3) is 0 Å². The minimum Gasteiger partial charge on any atom is -0.316 e. The van der Waals surface area contributed by atoms with Gasteiger partial charge < -0.3 is 5.32 Å². The molecule has 1 heterocycles. The second-order valence-electron chi connectivity index (χ2n) is 6.13. The van der Waals surface area contributed by atoms with Crippen molar-refractivity contribution in [2.45, 2.75) is 49.5 Å². The lowest BCUT2D eigenvalue weighted by Crippen LogP contribution is -2.46. The van der Waals surface area contributed by atoms with Crippen LogP contribution in [0.4, 0.5) is 0 Å². The van der Waals surface area contributed by atoms with Crippen molar-refractivity contribution in [3.05, 3.63) is 29.3 Å². The molecule has 22 heavy (non-hydrogen) atoms. The number of likely N-dealkylation sites (N-methyl/N-ethyl adjacent to an activating group) is 1. The summed E-state index contributed by atoms with van der Waals surface area (Å²) in [5.41, 5.74) is 2.55. The Labute approximate surface area is 139 Å². The highest BCUT2D eigenvalue weighted by Crippen LogP contribution is 2.27. The van der Waals surface area contributed by atoms with E-state index in [1.54, 1.807) is 10.4 Å². The van der Waals surface area contributed by atoms with Crippen LogP contribution in [0.15, 0.2) is 23.1 Å². The molecule has 6 heteroatoms. The molecule has 0 spiro atoms. The van der Waals surface area contributed by atoms with Gasteiger partial charge in [0.1, 0.15) is 0 Å². The van der Waals surface area contributed by atoms with Crippen LogP contribution in [-0.2, 0) is 22.9 Å². The summed E-state index contributed by atoms with van der Waals surface area (Å²) in [6, 6.07) is 5.99. The van der Waals surface area contributed by atoms with Gasteiger partial charge in [-0.3, -0.25) is 0 Å². The second-order valence-corrected chi connectivity index (χ2v) is 8.07. The lowest BCUT2D eigenvalue weighted by atomic mass is 9.92. The Morgan fingerprint density at radius 3 is 2.59 bits per heavy atom. The minimum atomic E-state index is -3.35. The number of hydrogen-bond donors (Lipinski definition) is 1. The molecule has 1 unspecified atom stereocenters. The van der Waals surface area contributed by atoms with Crippen molar-refractivity contribution in [1.29, 1.82) is 0 Å². The molecule has 0 radical (unpaired) electrons. The first kappa shape index (κ1) is 17.7. The maximum Gasteiger partial charge on any atom is 0.243 e. The highest BCUT2D eigenvalue weighted by molar-refractivity contribution is 7.89. The van der Waals surface area contributed by atoms with E-state index >= 15 is 0 Å². The number of nitrogens with zero attached hydrogens (tertiary/aromatic N) is 1. The molecule has 4 nitrogen and oxygen atoms in total. The van der Waals surface area contributed by atoms with Crippen molar-refractivity contribution in [2.24, 2.45) is 0 Å². The Balaban J connectivity index is 0.00000176. The fourth-order valence-electron chi connectivity index (χ4n) is 3.42. The highest BCUT2D eigenvalue weighted by Gasteiger charge is 2.30. The molecule has 1 aromatic rings.